The van der Waals surface area contributed by atoms with Crippen molar-refractivity contribution in [1.82, 2.24) is 15.1 Å². The first kappa shape index (κ1) is 17.1. The average molecular weight is 343 g/mol. The van der Waals surface area contributed by atoms with Gasteiger partial charge in [-0.2, -0.15) is 0 Å². The van der Waals surface area contributed by atoms with Crippen molar-refractivity contribution < 1.29 is 4.79 Å². The summed E-state index contributed by atoms with van der Waals surface area (Å²) in [6, 6.07) is 12.8. The van der Waals surface area contributed by atoms with Crippen molar-refractivity contribution in [2.24, 2.45) is 0 Å². The van der Waals surface area contributed by atoms with Crippen LogP contribution in [0.2, 0.25) is 0 Å². The van der Waals surface area contributed by atoms with E-state index in [0.29, 0.717) is 13.1 Å². The number of carbonyl (C=O) groups excluding carboxylic acids is 1. The Kier molecular flexibility index (Phi) is 6.01. The van der Waals surface area contributed by atoms with Gasteiger partial charge in [0.1, 0.15) is 0 Å². The molecule has 128 valence electrons. The lowest BCUT2D eigenvalue weighted by Crippen LogP contribution is -2.49. The highest BCUT2D eigenvalue weighted by atomic mass is 32.1. The number of aryl methyl sites for hydroxylation is 1. The van der Waals surface area contributed by atoms with E-state index in [9.17, 15) is 4.79 Å². The molecule has 0 unspecified atom stereocenters. The number of amides is 1. The molecule has 0 atom stereocenters. The Morgan fingerprint density at radius 2 is 1.92 bits per heavy atom. The number of piperazine rings is 1. The zero-order chi connectivity index (χ0) is 16.8. The molecule has 4 nitrogen and oxygen atoms in total. The third-order valence-corrected chi connectivity index (χ3v) is 5.24. The third-order valence-electron chi connectivity index (χ3n) is 4.36. The minimum Gasteiger partial charge on any atom is -0.350 e. The van der Waals surface area contributed by atoms with Gasteiger partial charge in [0.2, 0.25) is 5.91 Å². The number of benzene rings is 1. The number of rotatable bonds is 6. The molecule has 24 heavy (non-hydrogen) atoms. The SMILES string of the molecule is Cc1cccc(CN2CCN(CC(=O)NCc3cccs3)CC2)c1. The standard InChI is InChI=1S/C19H25N3OS/c1-16-4-2-5-17(12-16)14-21-7-9-22(10-8-21)15-19(23)20-13-18-6-3-11-24-18/h2-6,11-12H,7-10,13-15H2,1H3,(H,20,23). The van der Waals surface area contributed by atoms with E-state index in [2.05, 4.69) is 52.4 Å². The molecule has 1 saturated heterocycles. The quantitative estimate of drug-likeness (QED) is 0.875. The fourth-order valence-electron chi connectivity index (χ4n) is 3.03. The maximum atomic E-state index is 12.1. The second-order valence-corrected chi connectivity index (χ2v) is 7.43. The van der Waals surface area contributed by atoms with Crippen LogP contribution in [0.15, 0.2) is 41.8 Å². The normalized spacial score (nSPS) is 16.2. The molecule has 2 heterocycles. The Labute approximate surface area is 148 Å². The summed E-state index contributed by atoms with van der Waals surface area (Å²) in [4.78, 5) is 18.0. The molecule has 2 aromatic rings. The van der Waals surface area contributed by atoms with Crippen LogP contribution >= 0.6 is 11.3 Å². The van der Waals surface area contributed by atoms with Crippen molar-refractivity contribution in [3.05, 3.63) is 57.8 Å². The van der Waals surface area contributed by atoms with E-state index in [1.165, 1.54) is 16.0 Å². The molecule has 0 radical (unpaired) electrons. The summed E-state index contributed by atoms with van der Waals surface area (Å²) >= 11 is 1.68. The van der Waals surface area contributed by atoms with Gasteiger partial charge in [-0.05, 0) is 23.9 Å². The van der Waals surface area contributed by atoms with E-state index in [4.69, 9.17) is 0 Å². The summed E-state index contributed by atoms with van der Waals surface area (Å²) in [5.74, 6) is 0.121. The molecule has 1 aromatic heterocycles. The Morgan fingerprint density at radius 3 is 2.62 bits per heavy atom. The molecule has 1 aliphatic heterocycles. The number of thiophene rings is 1. The molecule has 5 heteroatoms. The van der Waals surface area contributed by atoms with Crippen molar-refractivity contribution in [1.29, 1.82) is 0 Å². The van der Waals surface area contributed by atoms with Crippen molar-refractivity contribution in [2.45, 2.75) is 20.0 Å². The zero-order valence-corrected chi connectivity index (χ0v) is 15.0. The van der Waals surface area contributed by atoms with Gasteiger partial charge in [-0.15, -0.1) is 11.3 Å². The fraction of sp³-hybridized carbons (Fsp3) is 0.421. The first-order chi connectivity index (χ1) is 11.7. The van der Waals surface area contributed by atoms with Crippen molar-refractivity contribution >= 4 is 17.2 Å². The highest BCUT2D eigenvalue weighted by Crippen LogP contribution is 2.10. The molecule has 0 bridgehead atoms. The molecule has 1 aromatic carbocycles. The largest absolute Gasteiger partial charge is 0.350 e. The molecule has 0 aliphatic carbocycles. The smallest absolute Gasteiger partial charge is 0.234 e. The van der Waals surface area contributed by atoms with Gasteiger partial charge >= 0.3 is 0 Å². The van der Waals surface area contributed by atoms with Crippen LogP contribution in [0.1, 0.15) is 16.0 Å². The lowest BCUT2D eigenvalue weighted by Gasteiger charge is -2.34. The zero-order valence-electron chi connectivity index (χ0n) is 14.2. The van der Waals surface area contributed by atoms with Gasteiger partial charge in [0, 0.05) is 37.6 Å². The van der Waals surface area contributed by atoms with Crippen LogP contribution in [0, 0.1) is 6.92 Å². The van der Waals surface area contributed by atoms with Gasteiger partial charge in [-0.3, -0.25) is 14.6 Å². The molecule has 0 saturated carbocycles. The Balaban J connectivity index is 1.38. The maximum absolute atomic E-state index is 12.1. The first-order valence-electron chi connectivity index (χ1n) is 8.48. The van der Waals surface area contributed by atoms with Crippen molar-refractivity contribution in [2.75, 3.05) is 32.7 Å². The minimum absolute atomic E-state index is 0.121. The number of hydrogen-bond donors (Lipinski definition) is 1. The molecule has 3 rings (SSSR count). The number of hydrogen-bond acceptors (Lipinski definition) is 4. The van der Waals surface area contributed by atoms with Crippen LogP contribution in [0.25, 0.3) is 0 Å². The number of nitrogens with zero attached hydrogens (tertiary/aromatic N) is 2. The van der Waals surface area contributed by atoms with Crippen molar-refractivity contribution in [3.63, 3.8) is 0 Å². The van der Waals surface area contributed by atoms with Crippen LogP contribution in [0.3, 0.4) is 0 Å². The van der Waals surface area contributed by atoms with Crippen LogP contribution < -0.4 is 5.32 Å². The highest BCUT2D eigenvalue weighted by molar-refractivity contribution is 7.09. The van der Waals surface area contributed by atoms with Crippen molar-refractivity contribution in [3.8, 4) is 0 Å². The topological polar surface area (TPSA) is 35.6 Å². The summed E-state index contributed by atoms with van der Waals surface area (Å²) in [6.07, 6.45) is 0. The summed E-state index contributed by atoms with van der Waals surface area (Å²) in [7, 11) is 0. The van der Waals surface area contributed by atoms with Gasteiger partial charge in [0.15, 0.2) is 0 Å². The summed E-state index contributed by atoms with van der Waals surface area (Å²) in [5, 5.41) is 5.04. The second-order valence-electron chi connectivity index (χ2n) is 6.40. The van der Waals surface area contributed by atoms with Gasteiger partial charge in [0.25, 0.3) is 0 Å². The Hall–Kier alpha value is -1.69. The monoisotopic (exact) mass is 343 g/mol. The molecule has 1 fully saturated rings. The van der Waals surface area contributed by atoms with E-state index >= 15 is 0 Å². The molecule has 0 spiro atoms. The average Bonchev–Trinajstić information content (AvgIpc) is 3.08. The predicted octanol–water partition coefficient (Wildman–Crippen LogP) is 2.49. The number of nitrogens with one attached hydrogen (secondary N) is 1. The predicted molar refractivity (Wildman–Crippen MR) is 99.1 cm³/mol. The minimum atomic E-state index is 0.121. The summed E-state index contributed by atoms with van der Waals surface area (Å²) in [5.41, 5.74) is 2.69. The van der Waals surface area contributed by atoms with Crippen LogP contribution in [0.4, 0.5) is 0 Å². The molecule has 1 N–H and O–H groups in total. The molecular formula is C19H25N3OS. The molecule has 1 amide bonds. The maximum Gasteiger partial charge on any atom is 0.234 e. The second kappa shape index (κ2) is 8.42. The van der Waals surface area contributed by atoms with Gasteiger partial charge in [-0.25, -0.2) is 0 Å². The highest BCUT2D eigenvalue weighted by Gasteiger charge is 2.18. The van der Waals surface area contributed by atoms with Gasteiger partial charge in [0.05, 0.1) is 13.1 Å². The molecular weight excluding hydrogens is 318 g/mol. The first-order valence-corrected chi connectivity index (χ1v) is 9.36. The summed E-state index contributed by atoms with van der Waals surface area (Å²) < 4.78 is 0. The van der Waals surface area contributed by atoms with Gasteiger partial charge in [-0.1, -0.05) is 35.9 Å². The fourth-order valence-corrected chi connectivity index (χ4v) is 3.68. The lowest BCUT2D eigenvalue weighted by molar-refractivity contribution is -0.122. The lowest BCUT2D eigenvalue weighted by atomic mass is 10.1. The van der Waals surface area contributed by atoms with E-state index < -0.39 is 0 Å². The summed E-state index contributed by atoms with van der Waals surface area (Å²) in [6.45, 7) is 8.23. The molecule has 1 aliphatic rings. The van der Waals surface area contributed by atoms with Gasteiger partial charge < -0.3 is 5.32 Å². The van der Waals surface area contributed by atoms with E-state index in [0.717, 1.165) is 32.7 Å². The third kappa shape index (κ3) is 5.16. The van der Waals surface area contributed by atoms with E-state index in [-0.39, 0.29) is 5.91 Å². The Bertz CT molecular complexity index is 648. The van der Waals surface area contributed by atoms with E-state index in [1.54, 1.807) is 11.3 Å². The van der Waals surface area contributed by atoms with E-state index in [1.807, 2.05) is 11.4 Å². The van der Waals surface area contributed by atoms with Crippen LogP contribution in [-0.2, 0) is 17.9 Å². The Morgan fingerprint density at radius 1 is 1.12 bits per heavy atom. The van der Waals surface area contributed by atoms with Crippen LogP contribution in [-0.4, -0.2) is 48.4 Å². The number of carbonyl (C=O) groups is 1. The van der Waals surface area contributed by atoms with Crippen LogP contribution in [0.5, 0.6) is 0 Å².